The molecule has 4 atom stereocenters. The number of ether oxygens (including phenoxy) is 4. The van der Waals surface area contributed by atoms with Gasteiger partial charge < -0.3 is 18.9 Å². The normalized spacial score (nSPS) is 29.7. The average Bonchev–Trinajstić information content (AvgIpc) is 3.25. The lowest BCUT2D eigenvalue weighted by Crippen LogP contribution is -2.49. The van der Waals surface area contributed by atoms with Gasteiger partial charge >= 0.3 is 11.9 Å². The summed E-state index contributed by atoms with van der Waals surface area (Å²) in [6, 6.07) is 3.60. The molecule has 1 unspecified atom stereocenters. The molecule has 2 fully saturated rings. The molecule has 1 saturated heterocycles. The molecule has 172 valence electrons. The van der Waals surface area contributed by atoms with Crippen LogP contribution in [-0.2, 0) is 35.1 Å². The third kappa shape index (κ3) is 2.81. The van der Waals surface area contributed by atoms with Crippen LogP contribution < -0.4 is 9.47 Å². The standard InChI is InChI=1S/C24H28O8/c1-12(25)16-6-7-17(13(2)26)24(16)11-23(21(27)31-5,22(28)32-24)18-8-14-9-19(29-3)20(30-4)10-15(14)18/h9-10,16-18H,6-8,11H2,1-5H3/t16-,17-,18?,23+/m0/s1. The van der Waals surface area contributed by atoms with Crippen molar-refractivity contribution in [3.8, 4) is 11.5 Å². The Morgan fingerprint density at radius 1 is 0.969 bits per heavy atom. The second-order valence-electron chi connectivity index (χ2n) is 9.05. The van der Waals surface area contributed by atoms with Gasteiger partial charge in [-0.05, 0) is 56.4 Å². The van der Waals surface area contributed by atoms with Crippen molar-refractivity contribution >= 4 is 23.5 Å². The molecule has 0 N–H and O–H groups in total. The number of fused-ring (bicyclic) bond motifs is 1. The van der Waals surface area contributed by atoms with E-state index >= 15 is 0 Å². The Kier molecular flexibility index (Phi) is 5.30. The molecule has 1 saturated carbocycles. The SMILES string of the molecule is COC(=O)[C@]1(C2Cc3cc(OC)c(OC)cc32)CC2(OC1=O)[C@H](C(C)=O)CC[C@H]2C(C)=O. The summed E-state index contributed by atoms with van der Waals surface area (Å²) in [4.78, 5) is 51.7. The summed E-state index contributed by atoms with van der Waals surface area (Å²) < 4.78 is 21.8. The molecule has 1 heterocycles. The van der Waals surface area contributed by atoms with E-state index in [4.69, 9.17) is 18.9 Å². The minimum Gasteiger partial charge on any atom is -0.493 e. The van der Waals surface area contributed by atoms with E-state index in [9.17, 15) is 19.2 Å². The molecule has 0 bridgehead atoms. The largest absolute Gasteiger partial charge is 0.493 e. The fourth-order valence-electron chi connectivity index (χ4n) is 6.18. The maximum atomic E-state index is 13.5. The van der Waals surface area contributed by atoms with E-state index in [1.165, 1.54) is 28.1 Å². The number of hydrogen-bond acceptors (Lipinski definition) is 8. The molecule has 32 heavy (non-hydrogen) atoms. The van der Waals surface area contributed by atoms with Gasteiger partial charge in [0.05, 0.1) is 33.2 Å². The van der Waals surface area contributed by atoms with Crippen molar-refractivity contribution in [2.45, 2.75) is 51.0 Å². The molecule has 0 amide bonds. The van der Waals surface area contributed by atoms with E-state index < -0.39 is 40.7 Å². The van der Waals surface area contributed by atoms with Crippen LogP contribution in [0.15, 0.2) is 12.1 Å². The molecule has 1 aromatic carbocycles. The number of benzene rings is 1. The van der Waals surface area contributed by atoms with E-state index in [0.29, 0.717) is 30.8 Å². The van der Waals surface area contributed by atoms with Crippen LogP contribution in [0.25, 0.3) is 0 Å². The van der Waals surface area contributed by atoms with Crippen molar-refractivity contribution in [2.75, 3.05) is 21.3 Å². The minimum absolute atomic E-state index is 0.0571. The number of rotatable bonds is 6. The highest BCUT2D eigenvalue weighted by atomic mass is 16.6. The monoisotopic (exact) mass is 444 g/mol. The molecule has 0 aromatic heterocycles. The van der Waals surface area contributed by atoms with Gasteiger partial charge in [0.25, 0.3) is 0 Å². The zero-order chi connectivity index (χ0) is 23.4. The van der Waals surface area contributed by atoms with Crippen molar-refractivity contribution in [1.82, 2.24) is 0 Å². The molecule has 1 spiro atoms. The summed E-state index contributed by atoms with van der Waals surface area (Å²) in [5, 5.41) is 0. The number of ketones is 2. The Bertz CT molecular complexity index is 989. The van der Waals surface area contributed by atoms with E-state index in [-0.39, 0.29) is 18.0 Å². The predicted molar refractivity (Wildman–Crippen MR) is 111 cm³/mol. The lowest BCUT2D eigenvalue weighted by Gasteiger charge is -2.41. The molecule has 4 rings (SSSR count). The third-order valence-corrected chi connectivity index (χ3v) is 7.70. The lowest BCUT2D eigenvalue weighted by atomic mass is 9.58. The Hall–Kier alpha value is -2.90. The van der Waals surface area contributed by atoms with Crippen LogP contribution in [-0.4, -0.2) is 50.4 Å². The lowest BCUT2D eigenvalue weighted by molar-refractivity contribution is -0.168. The van der Waals surface area contributed by atoms with Crippen LogP contribution in [0.3, 0.4) is 0 Å². The van der Waals surface area contributed by atoms with Crippen LogP contribution in [0.2, 0.25) is 0 Å². The van der Waals surface area contributed by atoms with Crippen LogP contribution in [0, 0.1) is 17.3 Å². The molecule has 2 aliphatic carbocycles. The smallest absolute Gasteiger partial charge is 0.324 e. The van der Waals surface area contributed by atoms with Crippen LogP contribution in [0.1, 0.15) is 50.2 Å². The van der Waals surface area contributed by atoms with Gasteiger partial charge in [0.15, 0.2) is 16.9 Å². The Labute approximate surface area is 186 Å². The number of Topliss-reactive ketones (excluding diaryl/α,β-unsaturated/α-hetero) is 2. The maximum Gasteiger partial charge on any atom is 0.324 e. The molecular formula is C24H28O8. The first-order valence-electron chi connectivity index (χ1n) is 10.7. The summed E-state index contributed by atoms with van der Waals surface area (Å²) in [6.45, 7) is 2.88. The highest BCUT2D eigenvalue weighted by Crippen LogP contribution is 2.63. The van der Waals surface area contributed by atoms with Crippen molar-refractivity contribution < 1.29 is 38.1 Å². The van der Waals surface area contributed by atoms with Gasteiger partial charge in [-0.3, -0.25) is 19.2 Å². The van der Waals surface area contributed by atoms with E-state index in [2.05, 4.69) is 0 Å². The maximum absolute atomic E-state index is 13.5. The highest BCUT2D eigenvalue weighted by Gasteiger charge is 2.72. The summed E-state index contributed by atoms with van der Waals surface area (Å²) in [5.41, 5.74) is -1.25. The summed E-state index contributed by atoms with van der Waals surface area (Å²) in [5.74, 6) is -2.46. The second kappa shape index (κ2) is 7.60. The molecule has 0 radical (unpaired) electrons. The van der Waals surface area contributed by atoms with E-state index in [1.807, 2.05) is 6.07 Å². The average molecular weight is 444 g/mol. The van der Waals surface area contributed by atoms with Crippen molar-refractivity contribution in [2.24, 2.45) is 17.3 Å². The first-order valence-corrected chi connectivity index (χ1v) is 10.7. The van der Waals surface area contributed by atoms with Crippen molar-refractivity contribution in [3.63, 3.8) is 0 Å². The molecule has 8 nitrogen and oxygen atoms in total. The number of esters is 2. The van der Waals surface area contributed by atoms with Gasteiger partial charge in [0.2, 0.25) is 0 Å². The molecule has 1 aliphatic heterocycles. The first kappa shape index (κ1) is 22.3. The zero-order valence-corrected chi connectivity index (χ0v) is 19.0. The van der Waals surface area contributed by atoms with E-state index in [0.717, 1.165) is 11.1 Å². The summed E-state index contributed by atoms with van der Waals surface area (Å²) >= 11 is 0. The highest BCUT2D eigenvalue weighted by molar-refractivity contribution is 6.04. The Morgan fingerprint density at radius 2 is 1.53 bits per heavy atom. The molecular weight excluding hydrogens is 416 g/mol. The fourth-order valence-corrected chi connectivity index (χ4v) is 6.18. The van der Waals surface area contributed by atoms with Crippen LogP contribution in [0.5, 0.6) is 11.5 Å². The van der Waals surface area contributed by atoms with Gasteiger partial charge in [-0.2, -0.15) is 0 Å². The third-order valence-electron chi connectivity index (χ3n) is 7.70. The van der Waals surface area contributed by atoms with Gasteiger partial charge in [-0.15, -0.1) is 0 Å². The van der Waals surface area contributed by atoms with Gasteiger partial charge in [0.1, 0.15) is 17.2 Å². The number of carbonyl (C=O) groups is 4. The first-order chi connectivity index (χ1) is 15.2. The topological polar surface area (TPSA) is 105 Å². The summed E-state index contributed by atoms with van der Waals surface area (Å²) in [6.07, 6.45) is 1.26. The Balaban J connectivity index is 1.83. The van der Waals surface area contributed by atoms with E-state index in [1.54, 1.807) is 13.2 Å². The molecule has 1 aromatic rings. The van der Waals surface area contributed by atoms with Crippen molar-refractivity contribution in [1.29, 1.82) is 0 Å². The second-order valence-corrected chi connectivity index (χ2v) is 9.05. The fraction of sp³-hybridized carbons (Fsp3) is 0.583. The minimum atomic E-state index is -1.63. The molecule has 3 aliphatic rings. The Morgan fingerprint density at radius 3 is 2.03 bits per heavy atom. The number of carbonyl (C=O) groups excluding carboxylic acids is 4. The van der Waals surface area contributed by atoms with Gasteiger partial charge in [0, 0.05) is 12.3 Å². The quantitative estimate of drug-likeness (QED) is 0.487. The number of methoxy groups -OCH3 is 3. The van der Waals surface area contributed by atoms with Crippen molar-refractivity contribution in [3.05, 3.63) is 23.3 Å². The molecule has 8 heteroatoms. The van der Waals surface area contributed by atoms with Crippen LogP contribution in [0.4, 0.5) is 0 Å². The van der Waals surface area contributed by atoms with Gasteiger partial charge in [-0.1, -0.05) is 0 Å². The summed E-state index contributed by atoms with van der Waals surface area (Å²) in [7, 11) is 4.29. The number of hydrogen-bond donors (Lipinski definition) is 0. The zero-order valence-electron chi connectivity index (χ0n) is 19.0. The van der Waals surface area contributed by atoms with Gasteiger partial charge in [-0.25, -0.2) is 0 Å². The predicted octanol–water partition coefficient (Wildman–Crippen LogP) is 2.39. The van der Waals surface area contributed by atoms with Crippen LogP contribution >= 0.6 is 0 Å².